The van der Waals surface area contributed by atoms with Gasteiger partial charge in [0.1, 0.15) is 5.75 Å². The lowest BCUT2D eigenvalue weighted by atomic mass is 10.1. The number of aliphatic carboxylic acids is 1. The van der Waals surface area contributed by atoms with Gasteiger partial charge in [0.2, 0.25) is 10.0 Å². The van der Waals surface area contributed by atoms with Crippen LogP contribution in [0, 0.1) is 0 Å². The first-order chi connectivity index (χ1) is 11.5. The van der Waals surface area contributed by atoms with Gasteiger partial charge in [-0.05, 0) is 42.7 Å². The Labute approximate surface area is 141 Å². The Morgan fingerprint density at radius 3 is 2.54 bits per heavy atom. The molecule has 0 bridgehead atoms. The average Bonchev–Trinajstić information content (AvgIpc) is 2.58. The third kappa shape index (κ3) is 5.68. The molecule has 0 aliphatic heterocycles. The van der Waals surface area contributed by atoms with Crippen LogP contribution in [0.25, 0.3) is 0 Å². The SMILES string of the molecule is O=C(O)COc1cccc(CCCNS(=O)(=O)c2ccccc2)c1. The second-order valence-electron chi connectivity index (χ2n) is 5.14. The molecule has 2 rings (SSSR count). The minimum absolute atomic E-state index is 0.245. The average molecular weight is 349 g/mol. The van der Waals surface area contributed by atoms with Crippen molar-refractivity contribution in [2.24, 2.45) is 0 Å². The molecule has 2 aromatic rings. The van der Waals surface area contributed by atoms with Crippen LogP contribution in [-0.2, 0) is 21.2 Å². The normalized spacial score (nSPS) is 11.2. The van der Waals surface area contributed by atoms with Gasteiger partial charge in [-0.3, -0.25) is 0 Å². The smallest absolute Gasteiger partial charge is 0.341 e. The minimum Gasteiger partial charge on any atom is -0.482 e. The minimum atomic E-state index is -3.48. The number of ether oxygens (including phenoxy) is 1. The number of sulfonamides is 1. The first kappa shape index (κ1) is 18.0. The van der Waals surface area contributed by atoms with Crippen molar-refractivity contribution >= 4 is 16.0 Å². The first-order valence-electron chi connectivity index (χ1n) is 7.45. The fourth-order valence-corrected chi connectivity index (χ4v) is 3.21. The van der Waals surface area contributed by atoms with Crippen LogP contribution in [0.2, 0.25) is 0 Å². The van der Waals surface area contributed by atoms with Crippen LogP contribution < -0.4 is 9.46 Å². The molecule has 0 atom stereocenters. The molecule has 0 aliphatic rings. The number of hydrogen-bond donors (Lipinski definition) is 2. The zero-order valence-electron chi connectivity index (χ0n) is 13.0. The van der Waals surface area contributed by atoms with Crippen molar-refractivity contribution in [3.05, 3.63) is 60.2 Å². The van der Waals surface area contributed by atoms with E-state index in [1.807, 2.05) is 6.07 Å². The second-order valence-corrected chi connectivity index (χ2v) is 6.91. The van der Waals surface area contributed by atoms with Gasteiger partial charge < -0.3 is 9.84 Å². The molecule has 0 saturated carbocycles. The Morgan fingerprint density at radius 1 is 1.08 bits per heavy atom. The van der Waals surface area contributed by atoms with E-state index in [9.17, 15) is 13.2 Å². The Bertz CT molecular complexity index is 775. The lowest BCUT2D eigenvalue weighted by Gasteiger charge is -2.08. The molecule has 24 heavy (non-hydrogen) atoms. The predicted octanol–water partition coefficient (Wildman–Crippen LogP) is 2.06. The van der Waals surface area contributed by atoms with E-state index in [1.165, 1.54) is 0 Å². The van der Waals surface area contributed by atoms with Crippen molar-refractivity contribution in [2.45, 2.75) is 17.7 Å². The van der Waals surface area contributed by atoms with E-state index in [-0.39, 0.29) is 11.5 Å². The highest BCUT2D eigenvalue weighted by Gasteiger charge is 2.11. The van der Waals surface area contributed by atoms with Crippen molar-refractivity contribution in [2.75, 3.05) is 13.2 Å². The van der Waals surface area contributed by atoms with Gasteiger partial charge in [0.05, 0.1) is 4.90 Å². The lowest BCUT2D eigenvalue weighted by Crippen LogP contribution is -2.25. The molecule has 128 valence electrons. The fraction of sp³-hybridized carbons (Fsp3) is 0.235. The highest BCUT2D eigenvalue weighted by Crippen LogP contribution is 2.14. The largest absolute Gasteiger partial charge is 0.482 e. The summed E-state index contributed by atoms with van der Waals surface area (Å²) in [7, 11) is -3.48. The van der Waals surface area contributed by atoms with Gasteiger partial charge in [0, 0.05) is 6.54 Å². The van der Waals surface area contributed by atoms with Gasteiger partial charge >= 0.3 is 5.97 Å². The zero-order valence-corrected chi connectivity index (χ0v) is 13.8. The second kappa shape index (κ2) is 8.47. The molecule has 0 unspecified atom stereocenters. The van der Waals surface area contributed by atoms with Crippen LogP contribution in [0.15, 0.2) is 59.5 Å². The zero-order chi connectivity index (χ0) is 17.4. The third-order valence-electron chi connectivity index (χ3n) is 3.25. The van der Waals surface area contributed by atoms with Gasteiger partial charge in [0.15, 0.2) is 6.61 Å². The number of rotatable bonds is 9. The van der Waals surface area contributed by atoms with Crippen LogP contribution in [0.1, 0.15) is 12.0 Å². The van der Waals surface area contributed by atoms with Gasteiger partial charge in [-0.25, -0.2) is 17.9 Å². The van der Waals surface area contributed by atoms with Gasteiger partial charge in [0.25, 0.3) is 0 Å². The Kier molecular flexibility index (Phi) is 6.34. The summed E-state index contributed by atoms with van der Waals surface area (Å²) in [5.41, 5.74) is 0.955. The van der Waals surface area contributed by atoms with Crippen LogP contribution >= 0.6 is 0 Å². The lowest BCUT2D eigenvalue weighted by molar-refractivity contribution is -0.139. The number of carboxylic acids is 1. The molecule has 6 nitrogen and oxygen atoms in total. The highest BCUT2D eigenvalue weighted by molar-refractivity contribution is 7.89. The maximum atomic E-state index is 12.1. The number of carboxylic acid groups (broad SMARTS) is 1. The van der Waals surface area contributed by atoms with Gasteiger partial charge in [-0.2, -0.15) is 0 Å². The van der Waals surface area contributed by atoms with E-state index < -0.39 is 16.0 Å². The quantitative estimate of drug-likeness (QED) is 0.676. The standard InChI is InChI=1S/C17H19NO5S/c19-17(20)13-23-15-8-4-6-14(12-15)7-5-11-18-24(21,22)16-9-2-1-3-10-16/h1-4,6,8-10,12,18H,5,7,11,13H2,(H,19,20). The number of carbonyl (C=O) groups is 1. The van der Waals surface area contributed by atoms with Crippen molar-refractivity contribution in [3.63, 3.8) is 0 Å². The number of nitrogens with one attached hydrogen (secondary N) is 1. The van der Waals surface area contributed by atoms with Crippen LogP contribution in [0.5, 0.6) is 5.75 Å². The summed E-state index contributed by atoms with van der Waals surface area (Å²) in [5, 5.41) is 8.60. The van der Waals surface area contributed by atoms with Crippen molar-refractivity contribution in [3.8, 4) is 5.75 Å². The molecule has 0 fully saturated rings. The van der Waals surface area contributed by atoms with Crippen molar-refractivity contribution in [1.29, 1.82) is 0 Å². The topological polar surface area (TPSA) is 92.7 Å². The molecule has 0 radical (unpaired) electrons. The van der Waals surface area contributed by atoms with Crippen LogP contribution in [0.3, 0.4) is 0 Å². The van der Waals surface area contributed by atoms with E-state index in [4.69, 9.17) is 9.84 Å². The van der Waals surface area contributed by atoms with E-state index in [1.54, 1.807) is 48.5 Å². The summed E-state index contributed by atoms with van der Waals surface area (Å²) in [4.78, 5) is 10.7. The summed E-state index contributed by atoms with van der Waals surface area (Å²) >= 11 is 0. The van der Waals surface area contributed by atoms with E-state index >= 15 is 0 Å². The fourth-order valence-electron chi connectivity index (χ4n) is 2.12. The van der Waals surface area contributed by atoms with Crippen molar-refractivity contribution in [1.82, 2.24) is 4.72 Å². The third-order valence-corrected chi connectivity index (χ3v) is 4.73. The summed E-state index contributed by atoms with van der Waals surface area (Å²) in [5.74, 6) is -0.546. The van der Waals surface area contributed by atoms with Crippen LogP contribution in [-0.4, -0.2) is 32.6 Å². The Balaban J connectivity index is 1.82. The Morgan fingerprint density at radius 2 is 1.83 bits per heavy atom. The number of aryl methyl sites for hydroxylation is 1. The summed E-state index contributed by atoms with van der Waals surface area (Å²) in [6.45, 7) is -0.0717. The first-order valence-corrected chi connectivity index (χ1v) is 8.94. The molecule has 0 spiro atoms. The maximum Gasteiger partial charge on any atom is 0.341 e. The highest BCUT2D eigenvalue weighted by atomic mass is 32.2. The molecule has 2 N–H and O–H groups in total. The molecule has 0 saturated heterocycles. The van der Waals surface area contributed by atoms with Gasteiger partial charge in [-0.1, -0.05) is 30.3 Å². The number of hydrogen-bond acceptors (Lipinski definition) is 4. The summed E-state index contributed by atoms with van der Waals surface area (Å²) in [6.07, 6.45) is 1.27. The summed E-state index contributed by atoms with van der Waals surface area (Å²) < 4.78 is 31.8. The molecule has 0 heterocycles. The van der Waals surface area contributed by atoms with Crippen LogP contribution in [0.4, 0.5) is 0 Å². The molecule has 0 aliphatic carbocycles. The maximum absolute atomic E-state index is 12.1. The monoisotopic (exact) mass is 349 g/mol. The molecule has 0 amide bonds. The number of benzene rings is 2. The van der Waals surface area contributed by atoms with E-state index in [2.05, 4.69) is 4.72 Å². The molecule has 2 aromatic carbocycles. The summed E-state index contributed by atoms with van der Waals surface area (Å²) in [6, 6.07) is 15.3. The molecular weight excluding hydrogens is 330 g/mol. The van der Waals surface area contributed by atoms with E-state index in [0.717, 1.165) is 5.56 Å². The Hall–Kier alpha value is -2.38. The molecular formula is C17H19NO5S. The van der Waals surface area contributed by atoms with E-state index in [0.29, 0.717) is 25.1 Å². The molecule has 0 aromatic heterocycles. The predicted molar refractivity (Wildman–Crippen MR) is 89.5 cm³/mol. The van der Waals surface area contributed by atoms with Crippen molar-refractivity contribution < 1.29 is 23.1 Å². The van der Waals surface area contributed by atoms with Gasteiger partial charge in [-0.15, -0.1) is 0 Å². The molecule has 7 heteroatoms.